The number of hydrogen-bond acceptors (Lipinski definition) is 6. The van der Waals surface area contributed by atoms with Crippen molar-refractivity contribution in [2.75, 3.05) is 6.54 Å². The molecule has 0 saturated carbocycles. The third-order valence-corrected chi connectivity index (χ3v) is 5.56. The summed E-state index contributed by atoms with van der Waals surface area (Å²) >= 11 is 0. The van der Waals surface area contributed by atoms with Gasteiger partial charge in [-0.1, -0.05) is 5.16 Å². The minimum Gasteiger partial charge on any atom is -0.360 e. The monoisotopic (exact) mass is 392 g/mol. The first-order valence-electron chi connectivity index (χ1n) is 8.04. The summed E-state index contributed by atoms with van der Waals surface area (Å²) in [6.45, 7) is 3.01. The molecule has 0 aliphatic rings. The van der Waals surface area contributed by atoms with E-state index in [9.17, 15) is 17.6 Å². The minimum absolute atomic E-state index is 0.0112. The number of aromatic nitrogens is 3. The lowest BCUT2D eigenvalue weighted by Crippen LogP contribution is -2.32. The molecule has 0 saturated heterocycles. The average Bonchev–Trinajstić information content (AvgIpc) is 2.96. The first-order valence-corrected chi connectivity index (χ1v) is 9.53. The van der Waals surface area contributed by atoms with Crippen LogP contribution in [0.2, 0.25) is 0 Å². The van der Waals surface area contributed by atoms with E-state index in [0.717, 1.165) is 4.68 Å². The maximum absolute atomic E-state index is 13.0. The minimum atomic E-state index is -3.82. The Morgan fingerprint density at radius 3 is 2.48 bits per heavy atom. The van der Waals surface area contributed by atoms with Crippen LogP contribution in [0.1, 0.15) is 11.5 Å². The predicted octanol–water partition coefficient (Wildman–Crippen LogP) is 1.63. The van der Waals surface area contributed by atoms with Gasteiger partial charge in [-0.05, 0) is 44.2 Å². The highest BCUT2D eigenvalue weighted by atomic mass is 32.2. The molecule has 0 spiro atoms. The largest absolute Gasteiger partial charge is 0.360 e. The van der Waals surface area contributed by atoms with E-state index in [-0.39, 0.29) is 40.8 Å². The molecule has 3 rings (SSSR count). The highest BCUT2D eigenvalue weighted by Gasteiger charge is 2.23. The van der Waals surface area contributed by atoms with Crippen LogP contribution in [0, 0.1) is 19.7 Å². The second-order valence-corrected chi connectivity index (χ2v) is 7.54. The van der Waals surface area contributed by atoms with Crippen LogP contribution in [0.3, 0.4) is 0 Å². The van der Waals surface area contributed by atoms with E-state index in [1.54, 1.807) is 12.1 Å². The van der Waals surface area contributed by atoms with E-state index < -0.39 is 10.0 Å². The van der Waals surface area contributed by atoms with Gasteiger partial charge in [0.15, 0.2) is 5.76 Å². The molecule has 3 aromatic rings. The van der Waals surface area contributed by atoms with Crippen molar-refractivity contribution in [1.82, 2.24) is 19.7 Å². The van der Waals surface area contributed by atoms with Crippen LogP contribution in [0.25, 0.3) is 11.3 Å². The predicted molar refractivity (Wildman–Crippen MR) is 95.1 cm³/mol. The van der Waals surface area contributed by atoms with Crippen molar-refractivity contribution in [3.63, 3.8) is 0 Å². The van der Waals surface area contributed by atoms with Gasteiger partial charge < -0.3 is 4.52 Å². The number of halogens is 1. The summed E-state index contributed by atoms with van der Waals surface area (Å²) in [5.74, 6) is -0.186. The highest BCUT2D eigenvalue weighted by Crippen LogP contribution is 2.18. The fourth-order valence-corrected chi connectivity index (χ4v) is 3.95. The van der Waals surface area contributed by atoms with Crippen LogP contribution < -0.4 is 10.3 Å². The van der Waals surface area contributed by atoms with Gasteiger partial charge in [-0.3, -0.25) is 4.79 Å². The molecule has 2 heterocycles. The van der Waals surface area contributed by atoms with Crippen LogP contribution in [0.15, 0.2) is 50.6 Å². The molecule has 142 valence electrons. The van der Waals surface area contributed by atoms with Crippen molar-refractivity contribution in [2.24, 2.45) is 0 Å². The van der Waals surface area contributed by atoms with Gasteiger partial charge in [0.2, 0.25) is 10.0 Å². The molecule has 0 unspecified atom stereocenters. The molecular weight excluding hydrogens is 375 g/mol. The van der Waals surface area contributed by atoms with Crippen molar-refractivity contribution >= 4 is 10.0 Å². The van der Waals surface area contributed by atoms with Gasteiger partial charge in [-0.2, -0.15) is 5.10 Å². The van der Waals surface area contributed by atoms with E-state index in [2.05, 4.69) is 15.0 Å². The Labute approximate surface area is 154 Å². The van der Waals surface area contributed by atoms with Crippen LogP contribution in [-0.2, 0) is 16.6 Å². The Kier molecular flexibility index (Phi) is 5.19. The average molecular weight is 392 g/mol. The fraction of sp³-hybridized carbons (Fsp3) is 0.235. The van der Waals surface area contributed by atoms with Crippen LogP contribution >= 0.6 is 0 Å². The second-order valence-electron chi connectivity index (χ2n) is 5.84. The molecular formula is C17H17FN4O4S. The Morgan fingerprint density at radius 1 is 1.15 bits per heavy atom. The molecule has 27 heavy (non-hydrogen) atoms. The third kappa shape index (κ3) is 4.12. The smallest absolute Gasteiger partial charge is 0.266 e. The van der Waals surface area contributed by atoms with Gasteiger partial charge in [0.05, 0.1) is 12.2 Å². The quantitative estimate of drug-likeness (QED) is 0.683. The number of nitrogens with zero attached hydrogens (tertiary/aromatic N) is 3. The molecule has 1 aromatic carbocycles. The van der Waals surface area contributed by atoms with E-state index >= 15 is 0 Å². The molecule has 0 aliphatic heterocycles. The second kappa shape index (κ2) is 7.41. The third-order valence-electron chi connectivity index (χ3n) is 3.86. The number of aryl methyl sites for hydroxylation is 2. The normalized spacial score (nSPS) is 11.7. The Bertz CT molecular complexity index is 1100. The lowest BCUT2D eigenvalue weighted by molar-refractivity contribution is 0.390. The lowest BCUT2D eigenvalue weighted by atomic mass is 10.1. The summed E-state index contributed by atoms with van der Waals surface area (Å²) in [6, 6.07) is 8.54. The Balaban J connectivity index is 1.75. The van der Waals surface area contributed by atoms with Gasteiger partial charge in [0, 0.05) is 18.2 Å². The van der Waals surface area contributed by atoms with Crippen molar-refractivity contribution < 1.29 is 17.3 Å². The summed E-state index contributed by atoms with van der Waals surface area (Å²) < 4.78 is 46.2. The number of sulfonamides is 1. The number of rotatable bonds is 6. The number of nitrogens with one attached hydrogen (secondary N) is 1. The van der Waals surface area contributed by atoms with Crippen LogP contribution in [0.5, 0.6) is 0 Å². The summed E-state index contributed by atoms with van der Waals surface area (Å²) in [5, 5.41) is 7.83. The zero-order valence-electron chi connectivity index (χ0n) is 14.6. The molecule has 0 atom stereocenters. The molecule has 2 aromatic heterocycles. The van der Waals surface area contributed by atoms with Crippen molar-refractivity contribution in [3.05, 3.63) is 64.0 Å². The zero-order chi connectivity index (χ0) is 19.6. The number of benzene rings is 1. The van der Waals surface area contributed by atoms with Crippen molar-refractivity contribution in [3.8, 4) is 11.3 Å². The van der Waals surface area contributed by atoms with Crippen LogP contribution in [0.4, 0.5) is 4.39 Å². The summed E-state index contributed by atoms with van der Waals surface area (Å²) in [6.07, 6.45) is 0. The molecule has 0 radical (unpaired) electrons. The molecule has 0 bridgehead atoms. The van der Waals surface area contributed by atoms with Crippen LogP contribution in [-0.4, -0.2) is 29.9 Å². The molecule has 1 N–H and O–H groups in total. The first-order chi connectivity index (χ1) is 12.8. The van der Waals surface area contributed by atoms with Gasteiger partial charge in [0.1, 0.15) is 16.4 Å². The summed E-state index contributed by atoms with van der Waals surface area (Å²) in [5.41, 5.74) is 0.996. The molecule has 10 heteroatoms. The fourth-order valence-electron chi connectivity index (χ4n) is 2.60. The van der Waals surface area contributed by atoms with E-state index in [1.165, 1.54) is 38.1 Å². The Morgan fingerprint density at radius 2 is 1.85 bits per heavy atom. The summed E-state index contributed by atoms with van der Waals surface area (Å²) in [7, 11) is -3.82. The molecule has 0 aliphatic carbocycles. The zero-order valence-corrected chi connectivity index (χ0v) is 15.5. The Hall–Kier alpha value is -2.85. The topological polar surface area (TPSA) is 107 Å². The maximum Gasteiger partial charge on any atom is 0.266 e. The molecule has 8 nitrogen and oxygen atoms in total. The standard InChI is InChI=1S/C17H17FN4O4S/c1-11-17(12(2)26-21-11)27(24,25)19-9-10-22-16(23)8-7-15(20-22)13-3-5-14(18)6-4-13/h3-8,19H,9-10H2,1-2H3. The van der Waals surface area contributed by atoms with E-state index in [1.807, 2.05) is 0 Å². The summed E-state index contributed by atoms with van der Waals surface area (Å²) in [4.78, 5) is 12.0. The SMILES string of the molecule is Cc1noc(C)c1S(=O)(=O)NCCn1nc(-c2ccc(F)cc2)ccc1=O. The van der Waals surface area contributed by atoms with Gasteiger partial charge >= 0.3 is 0 Å². The highest BCUT2D eigenvalue weighted by molar-refractivity contribution is 7.89. The van der Waals surface area contributed by atoms with Gasteiger partial charge in [-0.25, -0.2) is 22.2 Å². The van der Waals surface area contributed by atoms with Gasteiger partial charge in [-0.15, -0.1) is 0 Å². The van der Waals surface area contributed by atoms with E-state index in [0.29, 0.717) is 11.3 Å². The van der Waals surface area contributed by atoms with E-state index in [4.69, 9.17) is 4.52 Å². The maximum atomic E-state index is 13.0. The first kappa shape index (κ1) is 18.9. The molecule has 0 fully saturated rings. The van der Waals surface area contributed by atoms with Gasteiger partial charge in [0.25, 0.3) is 5.56 Å². The van der Waals surface area contributed by atoms with Crippen molar-refractivity contribution in [2.45, 2.75) is 25.3 Å². The lowest BCUT2D eigenvalue weighted by Gasteiger charge is -2.09. The molecule has 0 amide bonds. The van der Waals surface area contributed by atoms with Crippen molar-refractivity contribution in [1.29, 1.82) is 0 Å². The number of hydrogen-bond donors (Lipinski definition) is 1.